The minimum absolute atomic E-state index is 0.691. The van der Waals surface area contributed by atoms with Crippen molar-refractivity contribution in [3.05, 3.63) is 18.2 Å². The Morgan fingerprint density at radius 1 is 1.27 bits per heavy atom. The number of aromatic nitrogens is 2. The molecule has 22 heavy (non-hydrogen) atoms. The molecule has 4 heteroatoms. The summed E-state index contributed by atoms with van der Waals surface area (Å²) in [5, 5.41) is 7.30. The van der Waals surface area contributed by atoms with Crippen LogP contribution in [0.2, 0.25) is 0 Å². The fourth-order valence-corrected chi connectivity index (χ4v) is 4.31. The maximum Gasteiger partial charge on any atom is 0.108 e. The van der Waals surface area contributed by atoms with E-state index in [-0.39, 0.29) is 0 Å². The fourth-order valence-electron chi connectivity index (χ4n) is 4.31. The van der Waals surface area contributed by atoms with Crippen molar-refractivity contribution < 1.29 is 0 Å². The molecule has 2 aliphatic rings. The molecular formula is C18H32N4. The van der Waals surface area contributed by atoms with E-state index in [1.165, 1.54) is 63.9 Å². The molecule has 0 atom stereocenters. The predicted octanol–water partition coefficient (Wildman–Crippen LogP) is 2.74. The van der Waals surface area contributed by atoms with Gasteiger partial charge in [0.1, 0.15) is 5.82 Å². The lowest BCUT2D eigenvalue weighted by atomic mass is 9.67. The lowest BCUT2D eigenvalue weighted by Gasteiger charge is -2.43. The van der Waals surface area contributed by atoms with Crippen LogP contribution in [0.15, 0.2) is 12.4 Å². The lowest BCUT2D eigenvalue weighted by Crippen LogP contribution is -2.43. The molecule has 2 N–H and O–H groups in total. The molecule has 1 spiro atoms. The maximum atomic E-state index is 4.39. The van der Waals surface area contributed by atoms with Gasteiger partial charge >= 0.3 is 0 Å². The maximum absolute atomic E-state index is 4.39. The van der Waals surface area contributed by atoms with Gasteiger partial charge in [-0.2, -0.15) is 0 Å². The van der Waals surface area contributed by atoms with Crippen molar-refractivity contribution in [2.45, 2.75) is 70.9 Å². The van der Waals surface area contributed by atoms with E-state index in [1.807, 2.05) is 6.20 Å². The van der Waals surface area contributed by atoms with Gasteiger partial charge in [0.25, 0.3) is 0 Å². The van der Waals surface area contributed by atoms with Gasteiger partial charge in [-0.1, -0.05) is 6.92 Å². The summed E-state index contributed by atoms with van der Waals surface area (Å²) in [6.07, 6.45) is 14.7. The first-order chi connectivity index (χ1) is 10.8. The summed E-state index contributed by atoms with van der Waals surface area (Å²) in [6.45, 7) is 6.89. The Morgan fingerprint density at radius 2 is 2.05 bits per heavy atom. The Morgan fingerprint density at radius 3 is 2.77 bits per heavy atom. The van der Waals surface area contributed by atoms with Gasteiger partial charge in [-0.05, 0) is 70.0 Å². The average molecular weight is 304 g/mol. The van der Waals surface area contributed by atoms with Crippen LogP contribution >= 0.6 is 0 Å². The fraction of sp³-hybridized carbons (Fsp3) is 0.833. The van der Waals surface area contributed by atoms with Crippen LogP contribution < -0.4 is 10.6 Å². The van der Waals surface area contributed by atoms with E-state index in [0.29, 0.717) is 5.41 Å². The molecule has 0 amide bonds. The van der Waals surface area contributed by atoms with Crippen molar-refractivity contribution in [2.75, 3.05) is 19.6 Å². The number of piperidine rings is 1. The van der Waals surface area contributed by atoms with Crippen molar-refractivity contribution in [3.63, 3.8) is 0 Å². The molecule has 1 saturated heterocycles. The number of aryl methyl sites for hydroxylation is 2. The largest absolute Gasteiger partial charge is 0.335 e. The Labute approximate surface area is 135 Å². The molecule has 2 heterocycles. The third-order valence-electron chi connectivity index (χ3n) is 5.84. The van der Waals surface area contributed by atoms with Gasteiger partial charge in [-0.3, -0.25) is 0 Å². The van der Waals surface area contributed by atoms with Gasteiger partial charge < -0.3 is 15.2 Å². The highest BCUT2D eigenvalue weighted by Crippen LogP contribution is 2.43. The van der Waals surface area contributed by atoms with Crippen LogP contribution in [0.3, 0.4) is 0 Å². The summed E-state index contributed by atoms with van der Waals surface area (Å²) in [4.78, 5) is 4.39. The van der Waals surface area contributed by atoms with Crippen molar-refractivity contribution in [1.29, 1.82) is 0 Å². The molecule has 3 rings (SSSR count). The van der Waals surface area contributed by atoms with Crippen LogP contribution in [0.1, 0.15) is 57.7 Å². The van der Waals surface area contributed by atoms with E-state index in [0.717, 1.165) is 25.6 Å². The van der Waals surface area contributed by atoms with Gasteiger partial charge in [0.2, 0.25) is 0 Å². The molecule has 0 unspecified atom stereocenters. The second-order valence-corrected chi connectivity index (χ2v) is 7.22. The minimum Gasteiger partial charge on any atom is -0.335 e. The third kappa shape index (κ3) is 3.90. The summed E-state index contributed by atoms with van der Waals surface area (Å²) in [6, 6.07) is 0.758. The summed E-state index contributed by atoms with van der Waals surface area (Å²) in [5.74, 6) is 1.21. The first-order valence-electron chi connectivity index (χ1n) is 9.25. The molecule has 2 fully saturated rings. The second-order valence-electron chi connectivity index (χ2n) is 7.22. The first-order valence-corrected chi connectivity index (χ1v) is 9.25. The lowest BCUT2D eigenvalue weighted by molar-refractivity contribution is 0.115. The quantitative estimate of drug-likeness (QED) is 0.794. The van der Waals surface area contributed by atoms with E-state index in [1.54, 1.807) is 0 Å². The smallest absolute Gasteiger partial charge is 0.108 e. The van der Waals surface area contributed by atoms with Gasteiger partial charge in [0, 0.05) is 31.4 Å². The van der Waals surface area contributed by atoms with E-state index < -0.39 is 0 Å². The molecule has 1 aromatic rings. The Kier molecular flexibility index (Phi) is 5.53. The highest BCUT2D eigenvalue weighted by Gasteiger charge is 2.35. The molecular weight excluding hydrogens is 272 g/mol. The zero-order valence-electron chi connectivity index (χ0n) is 14.1. The molecule has 1 aliphatic carbocycles. The van der Waals surface area contributed by atoms with Crippen molar-refractivity contribution in [1.82, 2.24) is 20.2 Å². The van der Waals surface area contributed by atoms with Crippen LogP contribution in [-0.2, 0) is 13.0 Å². The van der Waals surface area contributed by atoms with E-state index in [4.69, 9.17) is 0 Å². The van der Waals surface area contributed by atoms with Crippen LogP contribution in [0.25, 0.3) is 0 Å². The predicted molar refractivity (Wildman–Crippen MR) is 91.0 cm³/mol. The van der Waals surface area contributed by atoms with Gasteiger partial charge in [-0.25, -0.2) is 4.98 Å². The normalized spacial score (nSPS) is 22.2. The van der Waals surface area contributed by atoms with E-state index in [9.17, 15) is 0 Å². The van der Waals surface area contributed by atoms with Gasteiger partial charge in [-0.15, -0.1) is 0 Å². The van der Waals surface area contributed by atoms with Crippen LogP contribution in [0.5, 0.6) is 0 Å². The number of nitrogens with zero attached hydrogens (tertiary/aromatic N) is 2. The number of imidazole rings is 1. The van der Waals surface area contributed by atoms with Crippen molar-refractivity contribution in [2.24, 2.45) is 5.41 Å². The monoisotopic (exact) mass is 304 g/mol. The summed E-state index contributed by atoms with van der Waals surface area (Å²) < 4.78 is 2.30. The van der Waals surface area contributed by atoms with E-state index >= 15 is 0 Å². The molecule has 124 valence electrons. The Hall–Kier alpha value is -0.870. The molecule has 1 aromatic heterocycles. The van der Waals surface area contributed by atoms with Crippen molar-refractivity contribution >= 4 is 0 Å². The Balaban J connectivity index is 1.33. The molecule has 1 aliphatic heterocycles. The molecule has 0 aromatic carbocycles. The minimum atomic E-state index is 0.691. The SMILES string of the molecule is CCc1nccn1CCCNC1CCC2(CCNCC2)CC1. The molecule has 0 radical (unpaired) electrons. The first kappa shape index (κ1) is 16.0. The molecule has 0 bridgehead atoms. The standard InChI is InChI=1S/C18H32N4/c1-2-17-21-13-15-22(17)14-3-10-20-16-4-6-18(7-5-16)8-11-19-12-9-18/h13,15-16,19-20H,2-12,14H2,1H3. The Bertz CT molecular complexity index is 438. The molecule has 4 nitrogen and oxygen atoms in total. The third-order valence-corrected chi connectivity index (χ3v) is 5.84. The number of hydrogen-bond donors (Lipinski definition) is 2. The van der Waals surface area contributed by atoms with Crippen LogP contribution in [-0.4, -0.2) is 35.2 Å². The summed E-state index contributed by atoms with van der Waals surface area (Å²) in [5.41, 5.74) is 0.691. The van der Waals surface area contributed by atoms with Crippen LogP contribution in [0.4, 0.5) is 0 Å². The number of hydrogen-bond acceptors (Lipinski definition) is 3. The molecule has 1 saturated carbocycles. The zero-order chi connectivity index (χ0) is 15.3. The van der Waals surface area contributed by atoms with Crippen molar-refractivity contribution in [3.8, 4) is 0 Å². The van der Waals surface area contributed by atoms with Crippen LogP contribution in [0, 0.1) is 5.41 Å². The second kappa shape index (κ2) is 7.60. The van der Waals surface area contributed by atoms with Gasteiger partial charge in [0.05, 0.1) is 0 Å². The summed E-state index contributed by atoms with van der Waals surface area (Å²) in [7, 11) is 0. The zero-order valence-corrected chi connectivity index (χ0v) is 14.1. The highest BCUT2D eigenvalue weighted by atomic mass is 15.1. The number of rotatable bonds is 6. The average Bonchev–Trinajstić information content (AvgIpc) is 3.02. The van der Waals surface area contributed by atoms with Gasteiger partial charge in [0.15, 0.2) is 0 Å². The summed E-state index contributed by atoms with van der Waals surface area (Å²) >= 11 is 0. The highest BCUT2D eigenvalue weighted by molar-refractivity contribution is 4.92. The van der Waals surface area contributed by atoms with E-state index in [2.05, 4.69) is 33.3 Å². The number of nitrogens with one attached hydrogen (secondary N) is 2. The topological polar surface area (TPSA) is 41.9 Å².